The summed E-state index contributed by atoms with van der Waals surface area (Å²) in [5, 5.41) is 9.17. The average Bonchev–Trinajstić information content (AvgIpc) is 3.13. The summed E-state index contributed by atoms with van der Waals surface area (Å²) in [4.78, 5) is 5.33. The molecular weight excluding hydrogens is 289 g/mol. The molecule has 1 N–H and O–H groups in total. The van der Waals surface area contributed by atoms with Crippen LogP contribution in [-0.4, -0.2) is 10.1 Å². The van der Waals surface area contributed by atoms with E-state index in [0.29, 0.717) is 18.3 Å². The number of aromatic nitrogens is 2. The quantitative estimate of drug-likeness (QED) is 0.784. The van der Waals surface area contributed by atoms with Gasteiger partial charge in [0.2, 0.25) is 5.89 Å². The second kappa shape index (κ2) is 6.15. The van der Waals surface area contributed by atoms with Crippen LogP contribution < -0.4 is 5.32 Å². The minimum Gasteiger partial charge on any atom is -0.338 e. The Bertz CT molecular complexity index is 694. The van der Waals surface area contributed by atoms with Crippen LogP contribution in [0.3, 0.4) is 0 Å². The van der Waals surface area contributed by atoms with Gasteiger partial charge in [-0.25, -0.2) is 4.39 Å². The largest absolute Gasteiger partial charge is 0.338 e. The van der Waals surface area contributed by atoms with Crippen molar-refractivity contribution in [1.29, 1.82) is 0 Å². The number of halogens is 1. The maximum Gasteiger partial charge on any atom is 0.240 e. The van der Waals surface area contributed by atoms with E-state index in [0.717, 1.165) is 10.4 Å². The molecule has 0 aliphatic rings. The van der Waals surface area contributed by atoms with Crippen molar-refractivity contribution in [3.63, 3.8) is 0 Å². The lowest BCUT2D eigenvalue weighted by atomic mass is 10.1. The fraction of sp³-hybridized carbons (Fsp3) is 0.200. The van der Waals surface area contributed by atoms with Gasteiger partial charge in [0.15, 0.2) is 5.82 Å². The van der Waals surface area contributed by atoms with Crippen LogP contribution >= 0.6 is 11.3 Å². The van der Waals surface area contributed by atoms with Crippen LogP contribution in [0.2, 0.25) is 0 Å². The van der Waals surface area contributed by atoms with Gasteiger partial charge in [0.05, 0.1) is 12.6 Å². The highest BCUT2D eigenvalue weighted by Gasteiger charge is 2.16. The zero-order valence-electron chi connectivity index (χ0n) is 11.4. The third-order valence-corrected chi connectivity index (χ3v) is 4.00. The molecule has 0 spiro atoms. The first-order chi connectivity index (χ1) is 10.2. The SMILES string of the molecule is Cc1noc(CN[C@H](c2ccc(F)cc2)c2cccs2)n1. The molecule has 3 aromatic rings. The molecule has 0 aliphatic heterocycles. The van der Waals surface area contributed by atoms with Crippen LogP contribution in [0.25, 0.3) is 0 Å². The van der Waals surface area contributed by atoms with Gasteiger partial charge in [0.25, 0.3) is 0 Å². The Labute approximate surface area is 125 Å². The summed E-state index contributed by atoms with van der Waals surface area (Å²) >= 11 is 1.65. The Morgan fingerprint density at radius 2 is 2.10 bits per heavy atom. The third-order valence-electron chi connectivity index (χ3n) is 3.06. The monoisotopic (exact) mass is 303 g/mol. The normalized spacial score (nSPS) is 12.5. The molecular formula is C15H14FN3OS. The molecule has 1 aromatic carbocycles. The highest BCUT2D eigenvalue weighted by molar-refractivity contribution is 7.10. The van der Waals surface area contributed by atoms with E-state index in [1.54, 1.807) is 30.4 Å². The molecule has 108 valence electrons. The molecule has 21 heavy (non-hydrogen) atoms. The van der Waals surface area contributed by atoms with Gasteiger partial charge in [-0.05, 0) is 36.1 Å². The van der Waals surface area contributed by atoms with Crippen LogP contribution in [0.4, 0.5) is 4.39 Å². The van der Waals surface area contributed by atoms with Crippen molar-refractivity contribution in [1.82, 2.24) is 15.5 Å². The van der Waals surface area contributed by atoms with Crippen molar-refractivity contribution >= 4 is 11.3 Å². The van der Waals surface area contributed by atoms with Crippen molar-refractivity contribution in [2.45, 2.75) is 19.5 Å². The summed E-state index contributed by atoms with van der Waals surface area (Å²) < 4.78 is 18.2. The highest BCUT2D eigenvalue weighted by Crippen LogP contribution is 2.26. The number of aryl methyl sites for hydroxylation is 1. The Balaban J connectivity index is 1.81. The molecule has 4 nitrogen and oxygen atoms in total. The van der Waals surface area contributed by atoms with Crippen molar-refractivity contribution in [3.05, 3.63) is 69.8 Å². The summed E-state index contributed by atoms with van der Waals surface area (Å²) in [6.45, 7) is 2.24. The van der Waals surface area contributed by atoms with E-state index in [1.165, 1.54) is 12.1 Å². The fourth-order valence-corrected chi connectivity index (χ4v) is 2.92. The fourth-order valence-electron chi connectivity index (χ4n) is 2.09. The predicted molar refractivity (Wildman–Crippen MR) is 78.4 cm³/mol. The van der Waals surface area contributed by atoms with Crippen molar-refractivity contribution in [2.75, 3.05) is 0 Å². The van der Waals surface area contributed by atoms with Gasteiger partial charge in [-0.3, -0.25) is 5.32 Å². The smallest absolute Gasteiger partial charge is 0.240 e. The summed E-state index contributed by atoms with van der Waals surface area (Å²) in [6.07, 6.45) is 0. The van der Waals surface area contributed by atoms with Crippen molar-refractivity contribution in [3.8, 4) is 0 Å². The minimum atomic E-state index is -0.240. The lowest BCUT2D eigenvalue weighted by Gasteiger charge is -2.17. The van der Waals surface area contributed by atoms with Crippen LogP contribution in [0, 0.1) is 12.7 Å². The Kier molecular flexibility index (Phi) is 4.08. The van der Waals surface area contributed by atoms with E-state index >= 15 is 0 Å². The van der Waals surface area contributed by atoms with Crippen LogP contribution in [0.1, 0.15) is 28.2 Å². The first-order valence-corrected chi connectivity index (χ1v) is 7.42. The molecule has 0 radical (unpaired) electrons. The Hall–Kier alpha value is -2.05. The number of hydrogen-bond donors (Lipinski definition) is 1. The lowest BCUT2D eigenvalue weighted by molar-refractivity contribution is 0.360. The summed E-state index contributed by atoms with van der Waals surface area (Å²) in [5.41, 5.74) is 0.995. The first-order valence-electron chi connectivity index (χ1n) is 6.54. The Morgan fingerprint density at radius 1 is 1.29 bits per heavy atom. The molecule has 0 saturated heterocycles. The predicted octanol–water partition coefficient (Wildman–Crippen LogP) is 3.46. The van der Waals surface area contributed by atoms with Crippen molar-refractivity contribution < 1.29 is 8.91 Å². The van der Waals surface area contributed by atoms with Crippen molar-refractivity contribution in [2.24, 2.45) is 0 Å². The number of hydrogen-bond acceptors (Lipinski definition) is 5. The third kappa shape index (κ3) is 3.34. The van der Waals surface area contributed by atoms with Crippen LogP contribution in [0.15, 0.2) is 46.3 Å². The van der Waals surface area contributed by atoms with Gasteiger partial charge >= 0.3 is 0 Å². The van der Waals surface area contributed by atoms with Gasteiger partial charge in [-0.2, -0.15) is 4.98 Å². The van der Waals surface area contributed by atoms with Gasteiger partial charge < -0.3 is 4.52 Å². The van der Waals surface area contributed by atoms with E-state index in [1.807, 2.05) is 17.5 Å². The molecule has 3 rings (SSSR count). The van der Waals surface area contributed by atoms with E-state index in [4.69, 9.17) is 4.52 Å². The van der Waals surface area contributed by atoms with Gasteiger partial charge in [0.1, 0.15) is 5.82 Å². The van der Waals surface area contributed by atoms with Crippen LogP contribution in [-0.2, 0) is 6.54 Å². The molecule has 0 unspecified atom stereocenters. The topological polar surface area (TPSA) is 51.0 Å². The Morgan fingerprint density at radius 3 is 2.71 bits per heavy atom. The maximum absolute atomic E-state index is 13.1. The summed E-state index contributed by atoms with van der Waals surface area (Å²) in [5.74, 6) is 0.911. The molecule has 6 heteroatoms. The molecule has 0 amide bonds. The van der Waals surface area contributed by atoms with E-state index in [-0.39, 0.29) is 11.9 Å². The molecule has 0 aliphatic carbocycles. The van der Waals surface area contributed by atoms with Gasteiger partial charge in [-0.15, -0.1) is 11.3 Å². The van der Waals surface area contributed by atoms with E-state index < -0.39 is 0 Å². The van der Waals surface area contributed by atoms with Crippen LogP contribution in [0.5, 0.6) is 0 Å². The lowest BCUT2D eigenvalue weighted by Crippen LogP contribution is -2.21. The summed E-state index contributed by atoms with van der Waals surface area (Å²) in [6, 6.07) is 10.5. The molecule has 2 heterocycles. The average molecular weight is 303 g/mol. The first kappa shape index (κ1) is 13.9. The second-order valence-corrected chi connectivity index (χ2v) is 5.60. The number of rotatable bonds is 5. The second-order valence-electron chi connectivity index (χ2n) is 4.62. The minimum absolute atomic E-state index is 0.0298. The number of benzene rings is 1. The summed E-state index contributed by atoms with van der Waals surface area (Å²) in [7, 11) is 0. The van der Waals surface area contributed by atoms with Gasteiger partial charge in [0, 0.05) is 4.88 Å². The van der Waals surface area contributed by atoms with E-state index in [2.05, 4.69) is 15.5 Å². The molecule has 0 fully saturated rings. The molecule has 2 aromatic heterocycles. The zero-order valence-corrected chi connectivity index (χ0v) is 12.2. The molecule has 0 saturated carbocycles. The molecule has 1 atom stereocenters. The molecule has 0 bridgehead atoms. The zero-order chi connectivity index (χ0) is 14.7. The maximum atomic E-state index is 13.1. The number of nitrogens with one attached hydrogen (secondary N) is 1. The standard InChI is InChI=1S/C15H14FN3OS/c1-10-18-14(20-19-10)9-17-15(13-3-2-8-21-13)11-4-6-12(16)7-5-11/h2-8,15,17H,9H2,1H3/t15-/m1/s1. The number of nitrogens with zero attached hydrogens (tertiary/aromatic N) is 2. The van der Waals surface area contributed by atoms with E-state index in [9.17, 15) is 4.39 Å². The number of thiophene rings is 1. The van der Waals surface area contributed by atoms with Gasteiger partial charge in [-0.1, -0.05) is 23.4 Å². The highest BCUT2D eigenvalue weighted by atomic mass is 32.1.